The number of nitrogens with one attached hydrogen (secondary N) is 2. The van der Waals surface area contributed by atoms with Crippen molar-refractivity contribution in [1.29, 1.82) is 0 Å². The van der Waals surface area contributed by atoms with Crippen LogP contribution in [0.2, 0.25) is 0 Å². The summed E-state index contributed by atoms with van der Waals surface area (Å²) in [6.45, 7) is 0. The molecule has 6 N–H and O–H groups in total. The van der Waals surface area contributed by atoms with Crippen LogP contribution in [0.1, 0.15) is 11.1 Å². The molecule has 2 amide bonds. The minimum atomic E-state index is -1.29. The molecule has 0 aliphatic carbocycles. The molecule has 0 heterocycles. The molecule has 0 radical (unpaired) electrons. The molecule has 10 heteroatoms. The molecular weight excluding hydrogens is 408 g/mol. The zero-order chi connectivity index (χ0) is 23.0. The highest BCUT2D eigenvalue weighted by Crippen LogP contribution is 2.28. The molecule has 160 valence electrons. The van der Waals surface area contributed by atoms with Crippen molar-refractivity contribution >= 4 is 35.1 Å². The number of carboxylic acid groups (broad SMARTS) is 2. The highest BCUT2D eigenvalue weighted by atomic mass is 16.4. The van der Waals surface area contributed by atoms with Crippen LogP contribution in [-0.2, 0) is 25.6 Å². The van der Waals surface area contributed by atoms with Crippen LogP contribution in [0.3, 0.4) is 0 Å². The van der Waals surface area contributed by atoms with E-state index in [2.05, 4.69) is 10.6 Å². The molecule has 2 aromatic carbocycles. The number of carbonyl (C=O) groups excluding carboxylic acids is 2. The fraction of sp³-hybridized carbons (Fsp3) is 0.0476. The molecule has 0 aromatic heterocycles. The van der Waals surface area contributed by atoms with E-state index in [0.717, 1.165) is 12.2 Å². The zero-order valence-corrected chi connectivity index (χ0v) is 15.9. The summed E-state index contributed by atoms with van der Waals surface area (Å²) in [6.07, 6.45) is 3.23. The average molecular weight is 426 g/mol. The molecule has 0 spiro atoms. The Morgan fingerprint density at radius 2 is 1.06 bits per heavy atom. The number of carbonyl (C=O) groups is 4. The van der Waals surface area contributed by atoms with Gasteiger partial charge in [-0.3, -0.25) is 9.59 Å². The lowest BCUT2D eigenvalue weighted by Crippen LogP contribution is -2.09. The summed E-state index contributed by atoms with van der Waals surface area (Å²) in [5.74, 6) is -4.49. The Balaban J connectivity index is 2.17. The summed E-state index contributed by atoms with van der Waals surface area (Å²) in [4.78, 5) is 44.4. The van der Waals surface area contributed by atoms with Crippen molar-refractivity contribution in [2.24, 2.45) is 0 Å². The van der Waals surface area contributed by atoms with Gasteiger partial charge in [0.2, 0.25) is 11.8 Å². The number of anilines is 2. The SMILES string of the molecule is O=C(O)/C=C\C(=O)Nc1cc(Cc2ccc(O)c(NC(=O)/C=C\C(=O)O)c2)ccc1O. The Labute approximate surface area is 175 Å². The van der Waals surface area contributed by atoms with E-state index < -0.39 is 23.8 Å². The summed E-state index contributed by atoms with van der Waals surface area (Å²) < 4.78 is 0. The normalized spacial score (nSPS) is 10.8. The highest BCUT2D eigenvalue weighted by Gasteiger charge is 2.09. The maximum Gasteiger partial charge on any atom is 0.328 e. The highest BCUT2D eigenvalue weighted by molar-refractivity contribution is 6.03. The van der Waals surface area contributed by atoms with E-state index in [1.165, 1.54) is 24.3 Å². The zero-order valence-electron chi connectivity index (χ0n) is 15.9. The first kappa shape index (κ1) is 22.7. The van der Waals surface area contributed by atoms with Gasteiger partial charge < -0.3 is 31.1 Å². The molecule has 0 fully saturated rings. The van der Waals surface area contributed by atoms with Gasteiger partial charge in [-0.2, -0.15) is 0 Å². The lowest BCUT2D eigenvalue weighted by Gasteiger charge is -2.11. The van der Waals surface area contributed by atoms with Gasteiger partial charge in [-0.1, -0.05) is 12.1 Å². The number of carboxylic acids is 2. The van der Waals surface area contributed by atoms with Gasteiger partial charge in [-0.25, -0.2) is 9.59 Å². The van der Waals surface area contributed by atoms with Crippen molar-refractivity contribution in [2.75, 3.05) is 10.6 Å². The molecule has 0 saturated heterocycles. The van der Waals surface area contributed by atoms with Crippen molar-refractivity contribution in [1.82, 2.24) is 0 Å². The molecule has 0 aliphatic heterocycles. The van der Waals surface area contributed by atoms with Gasteiger partial charge in [0, 0.05) is 24.3 Å². The van der Waals surface area contributed by atoms with E-state index in [4.69, 9.17) is 10.2 Å². The molecule has 31 heavy (non-hydrogen) atoms. The minimum Gasteiger partial charge on any atom is -0.506 e. The third-order valence-corrected chi connectivity index (χ3v) is 3.80. The van der Waals surface area contributed by atoms with E-state index in [0.29, 0.717) is 29.7 Å². The Morgan fingerprint density at radius 3 is 1.42 bits per heavy atom. The van der Waals surface area contributed by atoms with E-state index in [1.54, 1.807) is 12.1 Å². The number of aliphatic carboxylic acids is 2. The summed E-state index contributed by atoms with van der Waals surface area (Å²) >= 11 is 0. The first-order valence-corrected chi connectivity index (χ1v) is 8.72. The van der Waals surface area contributed by atoms with Crippen LogP contribution >= 0.6 is 0 Å². The minimum absolute atomic E-state index is 0.0728. The average Bonchev–Trinajstić information content (AvgIpc) is 2.70. The largest absolute Gasteiger partial charge is 0.506 e. The first-order valence-electron chi connectivity index (χ1n) is 8.72. The van der Waals surface area contributed by atoms with Gasteiger partial charge in [0.25, 0.3) is 0 Å². The summed E-state index contributed by atoms with van der Waals surface area (Å²) in [5.41, 5.74) is 1.46. The number of phenolic OH excluding ortho intramolecular Hbond substituents is 2. The second-order valence-electron chi connectivity index (χ2n) is 6.20. The van der Waals surface area contributed by atoms with Gasteiger partial charge in [0.05, 0.1) is 11.4 Å². The van der Waals surface area contributed by atoms with Crippen LogP contribution in [0.25, 0.3) is 0 Å². The second-order valence-corrected chi connectivity index (χ2v) is 6.20. The van der Waals surface area contributed by atoms with Gasteiger partial charge in [0.1, 0.15) is 11.5 Å². The standard InChI is InChI=1S/C21H18N2O8/c24-16-3-1-12(10-14(16)22-18(26)5-7-20(28)29)9-13-2-4-17(25)15(11-13)23-19(27)6-8-21(30)31/h1-8,10-11,24-25H,9H2,(H,22,26)(H,23,27)(H,28,29)(H,30,31)/b7-5-,8-6-. The topological polar surface area (TPSA) is 173 Å². The van der Waals surface area contributed by atoms with Gasteiger partial charge in [-0.15, -0.1) is 0 Å². The monoisotopic (exact) mass is 426 g/mol. The fourth-order valence-electron chi connectivity index (χ4n) is 2.47. The van der Waals surface area contributed by atoms with E-state index >= 15 is 0 Å². The lowest BCUT2D eigenvalue weighted by atomic mass is 10.0. The van der Waals surface area contributed by atoms with Gasteiger partial charge >= 0.3 is 11.9 Å². The molecule has 0 bridgehead atoms. The smallest absolute Gasteiger partial charge is 0.328 e. The van der Waals surface area contributed by atoms with E-state index in [-0.39, 0.29) is 22.9 Å². The molecule has 2 rings (SSSR count). The van der Waals surface area contributed by atoms with E-state index in [1.807, 2.05) is 0 Å². The van der Waals surface area contributed by atoms with Crippen molar-refractivity contribution < 1.29 is 39.6 Å². The number of amides is 2. The molecule has 0 aliphatic rings. The van der Waals surface area contributed by atoms with Crippen LogP contribution in [0, 0.1) is 0 Å². The lowest BCUT2D eigenvalue weighted by molar-refractivity contribution is -0.132. The summed E-state index contributed by atoms with van der Waals surface area (Å²) in [7, 11) is 0. The molecule has 0 saturated carbocycles. The number of rotatable bonds is 8. The van der Waals surface area contributed by atoms with Crippen LogP contribution in [0.5, 0.6) is 11.5 Å². The van der Waals surface area contributed by atoms with E-state index in [9.17, 15) is 29.4 Å². The number of hydrogen-bond donors (Lipinski definition) is 6. The summed E-state index contributed by atoms with van der Waals surface area (Å²) in [6, 6.07) is 8.87. The summed E-state index contributed by atoms with van der Waals surface area (Å²) in [5, 5.41) is 41.7. The quantitative estimate of drug-likeness (QED) is 0.274. The Kier molecular flexibility index (Phi) is 7.51. The molecule has 0 atom stereocenters. The predicted molar refractivity (Wildman–Crippen MR) is 110 cm³/mol. The Hall–Kier alpha value is -4.60. The van der Waals surface area contributed by atoms with Crippen LogP contribution in [0.4, 0.5) is 11.4 Å². The van der Waals surface area contributed by atoms with Crippen molar-refractivity contribution in [3.63, 3.8) is 0 Å². The second kappa shape index (κ2) is 10.3. The third kappa shape index (κ3) is 7.38. The molecule has 2 aromatic rings. The predicted octanol–water partition coefficient (Wildman–Crippen LogP) is 1.85. The van der Waals surface area contributed by atoms with Crippen molar-refractivity contribution in [3.05, 3.63) is 71.8 Å². The van der Waals surface area contributed by atoms with Crippen molar-refractivity contribution in [2.45, 2.75) is 6.42 Å². The third-order valence-electron chi connectivity index (χ3n) is 3.80. The van der Waals surface area contributed by atoms with Gasteiger partial charge in [0.15, 0.2) is 0 Å². The van der Waals surface area contributed by atoms with Gasteiger partial charge in [-0.05, 0) is 41.8 Å². The Bertz CT molecular complexity index is 1000. The number of benzene rings is 2. The van der Waals surface area contributed by atoms with Crippen molar-refractivity contribution in [3.8, 4) is 11.5 Å². The number of aromatic hydroxyl groups is 2. The van der Waals surface area contributed by atoms with Crippen LogP contribution in [-0.4, -0.2) is 44.2 Å². The fourth-order valence-corrected chi connectivity index (χ4v) is 2.47. The molecule has 0 unspecified atom stereocenters. The maximum absolute atomic E-state index is 11.7. The first-order chi connectivity index (χ1) is 14.6. The van der Waals surface area contributed by atoms with Crippen LogP contribution < -0.4 is 10.6 Å². The maximum atomic E-state index is 11.7. The number of phenols is 2. The van der Waals surface area contributed by atoms with Crippen LogP contribution in [0.15, 0.2) is 60.7 Å². The molecule has 10 nitrogen and oxygen atoms in total. The molecular formula is C21H18N2O8. The Morgan fingerprint density at radius 1 is 0.677 bits per heavy atom. The number of hydrogen-bond acceptors (Lipinski definition) is 6.